The fourth-order valence-electron chi connectivity index (χ4n) is 2.00. The highest BCUT2D eigenvalue weighted by molar-refractivity contribution is 6.65. The first kappa shape index (κ1) is 12.5. The molecule has 1 saturated carbocycles. The molecule has 0 saturated heterocycles. The first-order valence-corrected chi connectivity index (χ1v) is 5.46. The van der Waals surface area contributed by atoms with E-state index in [9.17, 15) is 14.7 Å². The lowest BCUT2D eigenvalue weighted by Gasteiger charge is -2.34. The van der Waals surface area contributed by atoms with Gasteiger partial charge in [-0.25, -0.2) is 0 Å². The molecule has 4 nitrogen and oxygen atoms in total. The van der Waals surface area contributed by atoms with E-state index < -0.39 is 17.0 Å². The molecule has 0 bridgehead atoms. The second kappa shape index (κ2) is 4.94. The van der Waals surface area contributed by atoms with Gasteiger partial charge in [0.2, 0.25) is 0 Å². The maximum atomic E-state index is 11.1. The van der Waals surface area contributed by atoms with E-state index in [4.69, 9.17) is 11.6 Å². The normalized spacial score (nSPS) is 21.8. The van der Waals surface area contributed by atoms with Crippen molar-refractivity contribution in [3.05, 3.63) is 0 Å². The van der Waals surface area contributed by atoms with Gasteiger partial charge >= 0.3 is 5.97 Å². The molecule has 15 heavy (non-hydrogen) atoms. The number of esters is 1. The molecule has 1 N–H and O–H groups in total. The van der Waals surface area contributed by atoms with E-state index in [1.807, 2.05) is 0 Å². The fourth-order valence-corrected chi connectivity index (χ4v) is 2.19. The van der Waals surface area contributed by atoms with Crippen molar-refractivity contribution in [1.82, 2.24) is 0 Å². The average Bonchev–Trinajstić information content (AvgIpc) is 2.17. The lowest BCUT2D eigenvalue weighted by molar-refractivity contribution is -0.223. The van der Waals surface area contributed by atoms with Crippen molar-refractivity contribution in [3.63, 3.8) is 0 Å². The van der Waals surface area contributed by atoms with E-state index in [0.29, 0.717) is 12.8 Å². The van der Waals surface area contributed by atoms with Crippen LogP contribution in [0.5, 0.6) is 0 Å². The molecule has 0 aromatic heterocycles. The van der Waals surface area contributed by atoms with Crippen molar-refractivity contribution in [2.75, 3.05) is 0 Å². The zero-order valence-corrected chi connectivity index (χ0v) is 9.42. The maximum Gasteiger partial charge on any atom is 0.305 e. The molecule has 0 aliphatic heterocycles. The van der Waals surface area contributed by atoms with Crippen LogP contribution >= 0.6 is 11.6 Å². The summed E-state index contributed by atoms with van der Waals surface area (Å²) >= 11 is 5.30. The predicted octanol–water partition coefficient (Wildman–Crippen LogP) is 1.58. The zero-order valence-electron chi connectivity index (χ0n) is 8.66. The smallest absolute Gasteiger partial charge is 0.305 e. The Morgan fingerprint density at radius 2 is 1.87 bits per heavy atom. The second-order valence-electron chi connectivity index (χ2n) is 3.90. The van der Waals surface area contributed by atoms with E-state index in [1.54, 1.807) is 0 Å². The monoisotopic (exact) mass is 234 g/mol. The number of halogens is 1. The minimum absolute atomic E-state index is 0.375. The molecule has 86 valence electrons. The Kier molecular flexibility index (Phi) is 4.11. The minimum Gasteiger partial charge on any atom is -0.424 e. The summed E-state index contributed by atoms with van der Waals surface area (Å²) in [7, 11) is 0. The third-order valence-electron chi connectivity index (χ3n) is 2.74. The van der Waals surface area contributed by atoms with Gasteiger partial charge in [-0.3, -0.25) is 9.59 Å². The van der Waals surface area contributed by atoms with Gasteiger partial charge in [0.25, 0.3) is 11.0 Å². The number of aliphatic hydroxyl groups is 1. The van der Waals surface area contributed by atoms with Crippen LogP contribution in [0.3, 0.4) is 0 Å². The molecule has 1 fully saturated rings. The maximum absolute atomic E-state index is 11.1. The number of ether oxygens (including phenoxy) is 1. The van der Waals surface area contributed by atoms with E-state index in [2.05, 4.69) is 4.74 Å². The van der Waals surface area contributed by atoms with Gasteiger partial charge in [-0.15, -0.1) is 0 Å². The van der Waals surface area contributed by atoms with Crippen LogP contribution in [0.15, 0.2) is 0 Å². The van der Waals surface area contributed by atoms with Crippen molar-refractivity contribution in [1.29, 1.82) is 0 Å². The molecule has 0 spiro atoms. The Morgan fingerprint density at radius 1 is 1.33 bits per heavy atom. The molecule has 0 unspecified atom stereocenters. The van der Waals surface area contributed by atoms with Gasteiger partial charge in [0.05, 0.1) is 0 Å². The Morgan fingerprint density at radius 3 is 2.27 bits per heavy atom. The molecule has 0 amide bonds. The Balaban J connectivity index is 2.78. The van der Waals surface area contributed by atoms with Gasteiger partial charge in [0.15, 0.2) is 0 Å². The van der Waals surface area contributed by atoms with E-state index in [0.717, 1.165) is 26.2 Å². The van der Waals surface area contributed by atoms with Crippen molar-refractivity contribution < 1.29 is 19.4 Å². The van der Waals surface area contributed by atoms with Crippen LogP contribution in [0, 0.1) is 5.92 Å². The quantitative estimate of drug-likeness (QED) is 0.458. The molecular weight excluding hydrogens is 220 g/mol. The van der Waals surface area contributed by atoms with Crippen molar-refractivity contribution in [2.45, 2.75) is 44.8 Å². The molecule has 1 aliphatic rings. The van der Waals surface area contributed by atoms with Gasteiger partial charge in [0.1, 0.15) is 0 Å². The van der Waals surface area contributed by atoms with E-state index >= 15 is 0 Å². The average molecular weight is 235 g/mol. The van der Waals surface area contributed by atoms with Crippen molar-refractivity contribution in [3.8, 4) is 0 Å². The van der Waals surface area contributed by atoms with Gasteiger partial charge in [-0.1, -0.05) is 19.3 Å². The summed E-state index contributed by atoms with van der Waals surface area (Å²) in [6, 6.07) is 0. The Bertz CT molecular complexity index is 260. The molecule has 1 aliphatic carbocycles. The lowest BCUT2D eigenvalue weighted by atomic mass is 9.83. The van der Waals surface area contributed by atoms with Crippen LogP contribution in [-0.4, -0.2) is 22.1 Å². The molecule has 1 rings (SSSR count). The highest BCUT2D eigenvalue weighted by atomic mass is 35.5. The second-order valence-corrected chi connectivity index (χ2v) is 4.24. The predicted molar refractivity (Wildman–Crippen MR) is 54.2 cm³/mol. The molecule has 1 atom stereocenters. The summed E-state index contributed by atoms with van der Waals surface area (Å²) < 4.78 is 4.67. The summed E-state index contributed by atoms with van der Waals surface area (Å²) in [5.74, 6) is -3.20. The fraction of sp³-hybridized carbons (Fsp3) is 0.800. The first-order valence-electron chi connectivity index (χ1n) is 5.08. The van der Waals surface area contributed by atoms with Crippen LogP contribution in [0.1, 0.15) is 39.0 Å². The van der Waals surface area contributed by atoms with Crippen LogP contribution in [-0.2, 0) is 14.3 Å². The summed E-state index contributed by atoms with van der Waals surface area (Å²) in [6.45, 7) is 1.15. The van der Waals surface area contributed by atoms with Crippen LogP contribution in [0.25, 0.3) is 0 Å². The van der Waals surface area contributed by atoms with Gasteiger partial charge in [-0.05, 0) is 24.4 Å². The highest BCUT2D eigenvalue weighted by Crippen LogP contribution is 2.35. The summed E-state index contributed by atoms with van der Waals surface area (Å²) in [6.07, 6.45) is 4.21. The molecule has 5 heteroatoms. The Hall–Kier alpha value is -0.610. The molecule has 0 radical (unpaired) electrons. The first-order chi connectivity index (χ1) is 6.97. The number of hydrogen-bond donors (Lipinski definition) is 1. The minimum atomic E-state index is -2.13. The highest BCUT2D eigenvalue weighted by Gasteiger charge is 2.46. The third kappa shape index (κ3) is 2.92. The third-order valence-corrected chi connectivity index (χ3v) is 3.01. The van der Waals surface area contributed by atoms with E-state index in [-0.39, 0.29) is 5.92 Å². The SMILES string of the molecule is CC(=O)O[C@](O)(C(=O)Cl)C1CCCCC1. The lowest BCUT2D eigenvalue weighted by Crippen LogP contribution is -2.48. The number of hydrogen-bond acceptors (Lipinski definition) is 4. The largest absolute Gasteiger partial charge is 0.424 e. The van der Waals surface area contributed by atoms with Crippen molar-refractivity contribution >= 4 is 22.8 Å². The van der Waals surface area contributed by atoms with E-state index in [1.165, 1.54) is 0 Å². The van der Waals surface area contributed by atoms with Crippen LogP contribution in [0.4, 0.5) is 0 Å². The number of carbonyl (C=O) groups excluding carboxylic acids is 2. The van der Waals surface area contributed by atoms with Gasteiger partial charge < -0.3 is 9.84 Å². The molecular formula is C10H15ClO4. The van der Waals surface area contributed by atoms with Crippen LogP contribution in [0.2, 0.25) is 0 Å². The zero-order chi connectivity index (χ0) is 11.5. The topological polar surface area (TPSA) is 63.6 Å². The summed E-state index contributed by atoms with van der Waals surface area (Å²) in [5, 5.41) is 8.95. The summed E-state index contributed by atoms with van der Waals surface area (Å²) in [5.41, 5.74) is 0. The summed E-state index contributed by atoms with van der Waals surface area (Å²) in [4.78, 5) is 22.0. The van der Waals surface area contributed by atoms with Gasteiger partial charge in [0, 0.05) is 12.8 Å². The molecule has 0 heterocycles. The number of rotatable bonds is 3. The Labute approximate surface area is 93.6 Å². The van der Waals surface area contributed by atoms with Gasteiger partial charge in [-0.2, -0.15) is 0 Å². The molecule has 0 aromatic carbocycles. The van der Waals surface area contributed by atoms with Crippen LogP contribution < -0.4 is 0 Å². The molecule has 0 aromatic rings. The standard InChI is InChI=1S/C10H15ClO4/c1-7(12)15-10(14,9(11)13)8-5-3-2-4-6-8/h8,14H,2-6H2,1H3/t10-/m0/s1. The number of carbonyl (C=O) groups is 2. The van der Waals surface area contributed by atoms with Crippen molar-refractivity contribution in [2.24, 2.45) is 5.92 Å².